The number of esters is 1. The molecule has 1 heterocycles. The number of hydrogen-bond acceptors (Lipinski definition) is 5. The number of ether oxygens (including phenoxy) is 2. The molecular weight excluding hydrogens is 342 g/mol. The van der Waals surface area contributed by atoms with E-state index in [0.29, 0.717) is 18.6 Å². The summed E-state index contributed by atoms with van der Waals surface area (Å²) < 4.78 is 37.7. The Morgan fingerprint density at radius 1 is 1.16 bits per heavy atom. The fourth-order valence-electron chi connectivity index (χ4n) is 2.71. The molecule has 3 rings (SSSR count). The van der Waals surface area contributed by atoms with Gasteiger partial charge in [0.05, 0.1) is 30.3 Å². The fourth-order valence-corrected chi connectivity index (χ4v) is 3.78. The summed E-state index contributed by atoms with van der Waals surface area (Å²) >= 11 is 0. The second kappa shape index (κ2) is 7.35. The van der Waals surface area contributed by atoms with E-state index in [0.717, 1.165) is 5.56 Å². The highest BCUT2D eigenvalue weighted by Gasteiger charge is 2.22. The molecule has 1 N–H and O–H groups in total. The molecule has 0 saturated carbocycles. The summed E-state index contributed by atoms with van der Waals surface area (Å²) in [5.74, 6) is -0.508. The molecule has 0 radical (unpaired) electrons. The maximum absolute atomic E-state index is 12.4. The Balaban J connectivity index is 1.63. The second-order valence-electron chi connectivity index (χ2n) is 5.77. The molecule has 0 fully saturated rings. The van der Waals surface area contributed by atoms with Crippen LogP contribution in [0.2, 0.25) is 0 Å². The van der Waals surface area contributed by atoms with Gasteiger partial charge in [0.2, 0.25) is 10.0 Å². The van der Waals surface area contributed by atoms with E-state index >= 15 is 0 Å². The van der Waals surface area contributed by atoms with Gasteiger partial charge in [0.1, 0.15) is 0 Å². The van der Waals surface area contributed by atoms with Crippen molar-refractivity contribution in [2.24, 2.45) is 0 Å². The second-order valence-corrected chi connectivity index (χ2v) is 7.54. The van der Waals surface area contributed by atoms with Crippen molar-refractivity contribution >= 4 is 16.0 Å². The van der Waals surface area contributed by atoms with Crippen molar-refractivity contribution in [3.05, 3.63) is 65.2 Å². The highest BCUT2D eigenvalue weighted by Crippen LogP contribution is 2.20. The average molecular weight is 361 g/mol. The highest BCUT2D eigenvalue weighted by atomic mass is 32.2. The third-order valence-electron chi connectivity index (χ3n) is 4.13. The van der Waals surface area contributed by atoms with E-state index in [1.54, 1.807) is 0 Å². The van der Waals surface area contributed by atoms with Crippen molar-refractivity contribution in [1.29, 1.82) is 0 Å². The Kier molecular flexibility index (Phi) is 5.17. The van der Waals surface area contributed by atoms with Crippen LogP contribution >= 0.6 is 0 Å². The van der Waals surface area contributed by atoms with E-state index in [2.05, 4.69) is 9.46 Å². The summed E-state index contributed by atoms with van der Waals surface area (Å²) in [6.45, 7) is 0.672. The van der Waals surface area contributed by atoms with E-state index in [9.17, 15) is 13.2 Å². The minimum atomic E-state index is -3.67. The van der Waals surface area contributed by atoms with E-state index in [1.165, 1.54) is 36.9 Å². The third-order valence-corrected chi connectivity index (χ3v) is 5.57. The summed E-state index contributed by atoms with van der Waals surface area (Å²) in [4.78, 5) is 11.5. The van der Waals surface area contributed by atoms with Crippen molar-refractivity contribution in [2.75, 3.05) is 13.7 Å². The van der Waals surface area contributed by atoms with Crippen LogP contribution in [-0.4, -0.2) is 34.1 Å². The number of sulfonamides is 1. The summed E-state index contributed by atoms with van der Waals surface area (Å²) in [5.41, 5.74) is 2.62. The molecule has 0 aromatic heterocycles. The van der Waals surface area contributed by atoms with Gasteiger partial charge in [-0.15, -0.1) is 0 Å². The third kappa shape index (κ3) is 4.07. The molecule has 25 heavy (non-hydrogen) atoms. The predicted octanol–water partition coefficient (Wildman–Crippen LogP) is 1.89. The molecule has 0 saturated heterocycles. The topological polar surface area (TPSA) is 81.7 Å². The maximum Gasteiger partial charge on any atom is 0.337 e. The lowest BCUT2D eigenvalue weighted by Crippen LogP contribution is -2.36. The van der Waals surface area contributed by atoms with Gasteiger partial charge >= 0.3 is 5.97 Å². The quantitative estimate of drug-likeness (QED) is 0.823. The van der Waals surface area contributed by atoms with Crippen LogP contribution in [0.4, 0.5) is 0 Å². The summed E-state index contributed by atoms with van der Waals surface area (Å²) in [6, 6.07) is 13.6. The number of hydrogen-bond donors (Lipinski definition) is 1. The number of fused-ring (bicyclic) bond motifs is 1. The lowest BCUT2D eigenvalue weighted by Gasteiger charge is -2.25. The summed E-state index contributed by atoms with van der Waals surface area (Å²) in [5, 5.41) is 0. The normalized spacial score (nSPS) is 16.9. The summed E-state index contributed by atoms with van der Waals surface area (Å²) in [6.07, 6.45) is 0.457. The van der Waals surface area contributed by atoms with Crippen LogP contribution in [0.1, 0.15) is 21.5 Å². The first-order valence-electron chi connectivity index (χ1n) is 7.86. The Labute approximate surface area is 146 Å². The standard InChI is InChI=1S/C18H19NO5S/c1-23-18(20)13-6-8-17(9-7-13)25(21,22)19-11-16-10-14-4-2-3-5-15(14)12-24-16/h2-9,16,19H,10-12H2,1H3. The van der Waals surface area contributed by atoms with Crippen molar-refractivity contribution < 1.29 is 22.7 Å². The van der Waals surface area contributed by atoms with Crippen LogP contribution in [0.25, 0.3) is 0 Å². The molecule has 1 aliphatic heterocycles. The zero-order valence-corrected chi connectivity index (χ0v) is 14.6. The van der Waals surface area contributed by atoms with E-state index in [-0.39, 0.29) is 17.5 Å². The van der Waals surface area contributed by atoms with Gasteiger partial charge in [0, 0.05) is 13.0 Å². The molecule has 132 valence electrons. The largest absolute Gasteiger partial charge is 0.465 e. The predicted molar refractivity (Wildman–Crippen MR) is 91.7 cm³/mol. The molecule has 7 heteroatoms. The minimum absolute atomic E-state index is 0.0939. The molecule has 0 aliphatic carbocycles. The number of carbonyl (C=O) groups excluding carboxylic acids is 1. The van der Waals surface area contributed by atoms with Crippen LogP contribution in [0.3, 0.4) is 0 Å². The molecule has 2 aromatic carbocycles. The number of carbonyl (C=O) groups is 1. The first-order valence-corrected chi connectivity index (χ1v) is 9.34. The lowest BCUT2D eigenvalue weighted by atomic mass is 9.99. The van der Waals surface area contributed by atoms with Crippen LogP contribution < -0.4 is 4.72 Å². The SMILES string of the molecule is COC(=O)c1ccc(S(=O)(=O)NCC2Cc3ccccc3CO2)cc1. The molecular formula is C18H19NO5S. The molecule has 0 amide bonds. The van der Waals surface area contributed by atoms with E-state index < -0.39 is 16.0 Å². The van der Waals surface area contributed by atoms with Crippen molar-refractivity contribution in [3.8, 4) is 0 Å². The van der Waals surface area contributed by atoms with Crippen LogP contribution in [-0.2, 0) is 32.5 Å². The van der Waals surface area contributed by atoms with Gasteiger partial charge < -0.3 is 9.47 Å². The van der Waals surface area contributed by atoms with Gasteiger partial charge in [-0.3, -0.25) is 0 Å². The Bertz CT molecular complexity index is 861. The van der Waals surface area contributed by atoms with Crippen molar-refractivity contribution in [3.63, 3.8) is 0 Å². The monoisotopic (exact) mass is 361 g/mol. The Morgan fingerprint density at radius 2 is 1.84 bits per heavy atom. The van der Waals surface area contributed by atoms with Gasteiger partial charge in [-0.2, -0.15) is 0 Å². The number of benzene rings is 2. The lowest BCUT2D eigenvalue weighted by molar-refractivity contribution is 0.0322. The first-order chi connectivity index (χ1) is 12.0. The van der Waals surface area contributed by atoms with Gasteiger partial charge in [-0.1, -0.05) is 24.3 Å². The van der Waals surface area contributed by atoms with Crippen LogP contribution in [0.5, 0.6) is 0 Å². The molecule has 2 aromatic rings. The molecule has 6 nitrogen and oxygen atoms in total. The molecule has 0 spiro atoms. The average Bonchev–Trinajstić information content (AvgIpc) is 2.65. The minimum Gasteiger partial charge on any atom is -0.465 e. The van der Waals surface area contributed by atoms with Crippen molar-refractivity contribution in [1.82, 2.24) is 4.72 Å². The fraction of sp³-hybridized carbons (Fsp3) is 0.278. The number of nitrogens with one attached hydrogen (secondary N) is 1. The first kappa shape index (κ1) is 17.6. The highest BCUT2D eigenvalue weighted by molar-refractivity contribution is 7.89. The zero-order chi connectivity index (χ0) is 17.9. The zero-order valence-electron chi connectivity index (χ0n) is 13.8. The molecule has 1 aliphatic rings. The van der Waals surface area contributed by atoms with Gasteiger partial charge in [-0.05, 0) is 35.4 Å². The number of methoxy groups -OCH3 is 1. The van der Waals surface area contributed by atoms with Crippen molar-refractivity contribution in [2.45, 2.75) is 24.0 Å². The van der Waals surface area contributed by atoms with Gasteiger partial charge in [-0.25, -0.2) is 17.9 Å². The van der Waals surface area contributed by atoms with E-state index in [1.807, 2.05) is 24.3 Å². The van der Waals surface area contributed by atoms with Crippen LogP contribution in [0.15, 0.2) is 53.4 Å². The molecule has 0 bridgehead atoms. The Morgan fingerprint density at radius 3 is 2.52 bits per heavy atom. The smallest absolute Gasteiger partial charge is 0.337 e. The van der Waals surface area contributed by atoms with Crippen LogP contribution in [0, 0.1) is 0 Å². The maximum atomic E-state index is 12.4. The molecule has 1 atom stereocenters. The Hall–Kier alpha value is -2.22. The van der Waals surface area contributed by atoms with Gasteiger partial charge in [0.25, 0.3) is 0 Å². The number of rotatable bonds is 5. The van der Waals surface area contributed by atoms with E-state index in [4.69, 9.17) is 4.74 Å². The molecule has 1 unspecified atom stereocenters. The van der Waals surface area contributed by atoms with Gasteiger partial charge in [0.15, 0.2) is 0 Å². The summed E-state index contributed by atoms with van der Waals surface area (Å²) in [7, 11) is -2.39.